The molecule has 2 heterocycles. The van der Waals surface area contributed by atoms with Crippen molar-refractivity contribution in [2.45, 2.75) is 77.7 Å². The SMILES string of the molecule is CCCCCCC(CCCCC(C)=O)n1cnc2[nH]c(=O)[nH]c(=O)c21. The lowest BCUT2D eigenvalue weighted by atomic mass is 10.0. The molecule has 2 rings (SSSR count). The van der Waals surface area contributed by atoms with Crippen LogP contribution >= 0.6 is 0 Å². The largest absolute Gasteiger partial charge is 0.327 e. The smallest absolute Gasteiger partial charge is 0.322 e. The van der Waals surface area contributed by atoms with E-state index in [1.54, 1.807) is 13.3 Å². The van der Waals surface area contributed by atoms with Gasteiger partial charge in [-0.15, -0.1) is 0 Å². The van der Waals surface area contributed by atoms with Crippen molar-refractivity contribution in [1.29, 1.82) is 0 Å². The number of H-pyrrole nitrogens is 2. The third kappa shape index (κ3) is 5.41. The van der Waals surface area contributed by atoms with Gasteiger partial charge in [0.05, 0.1) is 6.33 Å². The van der Waals surface area contributed by atoms with Crippen LogP contribution in [0.25, 0.3) is 11.2 Å². The molecule has 25 heavy (non-hydrogen) atoms. The maximum Gasteiger partial charge on any atom is 0.327 e. The van der Waals surface area contributed by atoms with Gasteiger partial charge in [0.1, 0.15) is 5.78 Å². The summed E-state index contributed by atoms with van der Waals surface area (Å²) in [4.78, 5) is 43.8. The third-order valence-electron chi connectivity index (χ3n) is 4.57. The van der Waals surface area contributed by atoms with Gasteiger partial charge in [0.15, 0.2) is 11.2 Å². The van der Waals surface area contributed by atoms with E-state index >= 15 is 0 Å². The van der Waals surface area contributed by atoms with Crippen LogP contribution in [0.2, 0.25) is 0 Å². The standard InChI is InChI=1S/C18H28N4O3/c1-3-4-5-6-10-14(11-8-7-9-13(2)23)22-12-19-16-15(22)17(24)21-18(25)20-16/h12,14H,3-11H2,1-2H3,(H2,20,21,24,25). The van der Waals surface area contributed by atoms with Gasteiger partial charge < -0.3 is 9.36 Å². The molecule has 0 aliphatic heterocycles. The highest BCUT2D eigenvalue weighted by Crippen LogP contribution is 2.25. The van der Waals surface area contributed by atoms with Gasteiger partial charge in [0.2, 0.25) is 0 Å². The van der Waals surface area contributed by atoms with Gasteiger partial charge >= 0.3 is 5.69 Å². The number of nitrogens with one attached hydrogen (secondary N) is 2. The molecule has 0 bridgehead atoms. The summed E-state index contributed by atoms with van der Waals surface area (Å²) >= 11 is 0. The van der Waals surface area contributed by atoms with Crippen molar-refractivity contribution in [3.63, 3.8) is 0 Å². The molecule has 0 spiro atoms. The molecule has 0 aliphatic carbocycles. The van der Waals surface area contributed by atoms with Gasteiger partial charge in [0, 0.05) is 12.5 Å². The fraction of sp³-hybridized carbons (Fsp3) is 0.667. The zero-order chi connectivity index (χ0) is 18.2. The normalized spacial score (nSPS) is 12.6. The second kappa shape index (κ2) is 9.34. The monoisotopic (exact) mass is 348 g/mol. The van der Waals surface area contributed by atoms with Crippen molar-refractivity contribution >= 4 is 16.9 Å². The Hall–Kier alpha value is -2.18. The topological polar surface area (TPSA) is 101 Å². The second-order valence-electron chi connectivity index (χ2n) is 6.71. The van der Waals surface area contributed by atoms with Crippen molar-refractivity contribution in [3.8, 4) is 0 Å². The van der Waals surface area contributed by atoms with E-state index in [0.717, 1.165) is 32.1 Å². The Bertz CT molecular complexity index is 802. The van der Waals surface area contributed by atoms with Crippen molar-refractivity contribution in [2.75, 3.05) is 0 Å². The number of imidazole rings is 1. The Kier molecular flexibility index (Phi) is 7.16. The maximum absolute atomic E-state index is 12.2. The summed E-state index contributed by atoms with van der Waals surface area (Å²) in [5, 5.41) is 0. The zero-order valence-corrected chi connectivity index (χ0v) is 15.1. The lowest BCUT2D eigenvalue weighted by molar-refractivity contribution is -0.117. The predicted molar refractivity (Wildman–Crippen MR) is 97.9 cm³/mol. The van der Waals surface area contributed by atoms with Crippen LogP contribution in [0, 0.1) is 0 Å². The molecule has 2 aromatic rings. The Morgan fingerprint density at radius 2 is 1.84 bits per heavy atom. The number of rotatable bonds is 11. The Morgan fingerprint density at radius 1 is 1.12 bits per heavy atom. The highest BCUT2D eigenvalue weighted by molar-refractivity contribution is 5.75. The van der Waals surface area contributed by atoms with Crippen molar-refractivity contribution in [3.05, 3.63) is 27.2 Å². The molecule has 1 unspecified atom stereocenters. The van der Waals surface area contributed by atoms with Crippen LogP contribution in [0.15, 0.2) is 15.9 Å². The van der Waals surface area contributed by atoms with E-state index in [0.29, 0.717) is 17.6 Å². The van der Waals surface area contributed by atoms with Crippen LogP contribution in [0.3, 0.4) is 0 Å². The average molecular weight is 348 g/mol. The molecule has 7 nitrogen and oxygen atoms in total. The van der Waals surface area contributed by atoms with Gasteiger partial charge in [-0.2, -0.15) is 0 Å². The lowest BCUT2D eigenvalue weighted by Crippen LogP contribution is -2.24. The molecule has 0 aliphatic rings. The number of carbonyl (C=O) groups excluding carboxylic acids is 1. The fourth-order valence-corrected chi connectivity index (χ4v) is 3.24. The molecule has 2 N–H and O–H groups in total. The van der Waals surface area contributed by atoms with Crippen LogP contribution in [-0.4, -0.2) is 25.3 Å². The number of unbranched alkanes of at least 4 members (excludes halogenated alkanes) is 4. The molecular formula is C18H28N4O3. The van der Waals surface area contributed by atoms with E-state index in [1.165, 1.54) is 19.3 Å². The molecular weight excluding hydrogens is 320 g/mol. The Morgan fingerprint density at radius 3 is 2.52 bits per heavy atom. The van der Waals surface area contributed by atoms with Crippen LogP contribution in [0.1, 0.15) is 77.7 Å². The molecule has 7 heteroatoms. The van der Waals surface area contributed by atoms with Gasteiger partial charge in [-0.25, -0.2) is 9.78 Å². The van der Waals surface area contributed by atoms with E-state index in [1.807, 2.05) is 4.57 Å². The minimum atomic E-state index is -0.538. The van der Waals surface area contributed by atoms with Crippen molar-refractivity contribution in [2.24, 2.45) is 0 Å². The number of aromatic amines is 2. The third-order valence-corrected chi connectivity index (χ3v) is 4.57. The first-order valence-electron chi connectivity index (χ1n) is 9.21. The van der Waals surface area contributed by atoms with E-state index in [4.69, 9.17) is 0 Å². The number of hydrogen-bond donors (Lipinski definition) is 2. The van der Waals surface area contributed by atoms with Gasteiger partial charge in [-0.1, -0.05) is 39.0 Å². The number of carbonyl (C=O) groups is 1. The minimum Gasteiger partial charge on any atom is -0.322 e. The minimum absolute atomic E-state index is 0.154. The van der Waals surface area contributed by atoms with Crippen molar-refractivity contribution < 1.29 is 4.79 Å². The maximum atomic E-state index is 12.2. The summed E-state index contributed by atoms with van der Waals surface area (Å²) < 4.78 is 1.89. The van der Waals surface area contributed by atoms with Crippen LogP contribution in [0.4, 0.5) is 0 Å². The number of fused-ring (bicyclic) bond motifs is 1. The first-order valence-corrected chi connectivity index (χ1v) is 9.21. The summed E-state index contributed by atoms with van der Waals surface area (Å²) in [7, 11) is 0. The number of aromatic nitrogens is 4. The number of Topliss-reactive ketones (excluding diaryl/α,β-unsaturated/α-hetero) is 1. The molecule has 0 aromatic carbocycles. The molecule has 0 saturated heterocycles. The van der Waals surface area contributed by atoms with E-state index in [2.05, 4.69) is 21.9 Å². The van der Waals surface area contributed by atoms with Crippen LogP contribution < -0.4 is 11.2 Å². The molecule has 0 radical (unpaired) electrons. The molecule has 1 atom stereocenters. The Labute approximate surface area is 146 Å². The van der Waals surface area contributed by atoms with E-state index in [9.17, 15) is 14.4 Å². The molecule has 0 amide bonds. The predicted octanol–water partition coefficient (Wildman–Crippen LogP) is 3.07. The van der Waals surface area contributed by atoms with E-state index in [-0.39, 0.29) is 11.8 Å². The zero-order valence-electron chi connectivity index (χ0n) is 15.1. The molecule has 2 aromatic heterocycles. The summed E-state index contributed by atoms with van der Waals surface area (Å²) in [6.07, 6.45) is 10.5. The summed E-state index contributed by atoms with van der Waals surface area (Å²) in [5.41, 5.74) is -0.190. The quantitative estimate of drug-likeness (QED) is 0.609. The molecule has 0 fully saturated rings. The first kappa shape index (κ1) is 19.1. The van der Waals surface area contributed by atoms with Gasteiger partial charge in [-0.05, 0) is 26.2 Å². The highest BCUT2D eigenvalue weighted by Gasteiger charge is 2.17. The van der Waals surface area contributed by atoms with Gasteiger partial charge in [0.25, 0.3) is 5.56 Å². The first-order chi connectivity index (χ1) is 12.0. The van der Waals surface area contributed by atoms with Crippen molar-refractivity contribution in [1.82, 2.24) is 19.5 Å². The fourth-order valence-electron chi connectivity index (χ4n) is 3.24. The number of nitrogens with zero attached hydrogens (tertiary/aromatic N) is 2. The van der Waals surface area contributed by atoms with Crippen LogP contribution in [0.5, 0.6) is 0 Å². The molecule has 138 valence electrons. The number of ketones is 1. The number of hydrogen-bond acceptors (Lipinski definition) is 4. The molecule has 0 saturated carbocycles. The summed E-state index contributed by atoms with van der Waals surface area (Å²) in [6.45, 7) is 3.79. The highest BCUT2D eigenvalue weighted by atomic mass is 16.2. The summed E-state index contributed by atoms with van der Waals surface area (Å²) in [5.74, 6) is 0.210. The average Bonchev–Trinajstić information content (AvgIpc) is 2.97. The Balaban J connectivity index is 2.17. The summed E-state index contributed by atoms with van der Waals surface area (Å²) in [6, 6.07) is 0.154. The van der Waals surface area contributed by atoms with E-state index < -0.39 is 11.2 Å². The lowest BCUT2D eigenvalue weighted by Gasteiger charge is -2.19. The van der Waals surface area contributed by atoms with Gasteiger partial charge in [-0.3, -0.25) is 14.8 Å². The second-order valence-corrected chi connectivity index (χ2v) is 6.71. The van der Waals surface area contributed by atoms with Crippen LogP contribution in [-0.2, 0) is 4.79 Å².